The van der Waals surface area contributed by atoms with Gasteiger partial charge in [0, 0.05) is 52.7 Å². The number of aryl methyl sites for hydroxylation is 1. The van der Waals surface area contributed by atoms with E-state index in [4.69, 9.17) is 0 Å². The maximum absolute atomic E-state index is 12.9. The van der Waals surface area contributed by atoms with Gasteiger partial charge >= 0.3 is 0 Å². The Labute approximate surface area is 174 Å². The molecule has 29 heavy (non-hydrogen) atoms. The lowest BCUT2D eigenvalue weighted by molar-refractivity contribution is 0.346. The molecule has 2 aromatic rings. The summed E-state index contributed by atoms with van der Waals surface area (Å²) in [5.41, 5.74) is 2.10. The van der Waals surface area contributed by atoms with Crippen LogP contribution in [0, 0.1) is 0 Å². The van der Waals surface area contributed by atoms with Crippen molar-refractivity contribution in [1.82, 2.24) is 19.1 Å². The van der Waals surface area contributed by atoms with Gasteiger partial charge in [-0.2, -0.15) is 4.31 Å². The summed E-state index contributed by atoms with van der Waals surface area (Å²) in [5, 5.41) is 3.33. The molecule has 0 amide bonds. The zero-order valence-electron chi connectivity index (χ0n) is 17.5. The SMILES string of the molecule is CN=C(NCc1cccc(S(=O)(=O)N2CCCCC2)c1)N(C)Cc1cccn1C. The first-order chi connectivity index (χ1) is 13.9. The van der Waals surface area contributed by atoms with E-state index in [2.05, 4.69) is 20.9 Å². The fourth-order valence-electron chi connectivity index (χ4n) is 3.61. The Morgan fingerprint density at radius 1 is 1.17 bits per heavy atom. The van der Waals surface area contributed by atoms with Gasteiger partial charge < -0.3 is 14.8 Å². The molecule has 1 aromatic carbocycles. The van der Waals surface area contributed by atoms with Crippen LogP contribution in [0.15, 0.2) is 52.5 Å². The molecule has 1 aliphatic heterocycles. The number of piperidine rings is 1. The van der Waals surface area contributed by atoms with E-state index < -0.39 is 10.0 Å². The van der Waals surface area contributed by atoms with E-state index in [1.807, 2.05) is 43.4 Å². The van der Waals surface area contributed by atoms with Crippen LogP contribution in [0.4, 0.5) is 0 Å². The molecule has 1 saturated heterocycles. The van der Waals surface area contributed by atoms with Gasteiger partial charge in [-0.1, -0.05) is 18.6 Å². The van der Waals surface area contributed by atoms with Crippen LogP contribution in [-0.4, -0.2) is 55.3 Å². The monoisotopic (exact) mass is 417 g/mol. The number of nitrogens with zero attached hydrogens (tertiary/aromatic N) is 4. The van der Waals surface area contributed by atoms with Crippen LogP contribution in [0.1, 0.15) is 30.5 Å². The molecule has 3 rings (SSSR count). The first kappa shape index (κ1) is 21.4. The highest BCUT2D eigenvalue weighted by Gasteiger charge is 2.25. The van der Waals surface area contributed by atoms with Crippen LogP contribution in [0.2, 0.25) is 0 Å². The van der Waals surface area contributed by atoms with E-state index in [9.17, 15) is 8.42 Å². The summed E-state index contributed by atoms with van der Waals surface area (Å²) < 4.78 is 29.5. The third-order valence-electron chi connectivity index (χ3n) is 5.33. The second-order valence-electron chi connectivity index (χ2n) is 7.48. The van der Waals surface area contributed by atoms with E-state index in [1.54, 1.807) is 23.5 Å². The van der Waals surface area contributed by atoms with Gasteiger partial charge in [0.05, 0.1) is 11.4 Å². The van der Waals surface area contributed by atoms with Crippen LogP contribution in [0.3, 0.4) is 0 Å². The Hall–Kier alpha value is -2.32. The van der Waals surface area contributed by atoms with Gasteiger partial charge in [-0.3, -0.25) is 4.99 Å². The van der Waals surface area contributed by atoms with Gasteiger partial charge in [0.2, 0.25) is 10.0 Å². The maximum Gasteiger partial charge on any atom is 0.243 e. The largest absolute Gasteiger partial charge is 0.353 e. The van der Waals surface area contributed by atoms with E-state index >= 15 is 0 Å². The summed E-state index contributed by atoms with van der Waals surface area (Å²) in [7, 11) is 2.34. The summed E-state index contributed by atoms with van der Waals surface area (Å²) in [6, 6.07) is 11.3. The molecule has 0 spiro atoms. The third kappa shape index (κ3) is 5.19. The predicted octanol–water partition coefficient (Wildman–Crippen LogP) is 2.41. The minimum Gasteiger partial charge on any atom is -0.353 e. The van der Waals surface area contributed by atoms with Crippen molar-refractivity contribution in [2.75, 3.05) is 27.2 Å². The Morgan fingerprint density at radius 3 is 2.59 bits per heavy atom. The third-order valence-corrected chi connectivity index (χ3v) is 7.22. The maximum atomic E-state index is 12.9. The fourth-order valence-corrected chi connectivity index (χ4v) is 5.20. The molecule has 1 N–H and O–H groups in total. The van der Waals surface area contributed by atoms with Crippen molar-refractivity contribution in [3.63, 3.8) is 0 Å². The van der Waals surface area contributed by atoms with E-state index in [0.29, 0.717) is 24.5 Å². The number of hydrogen-bond acceptors (Lipinski definition) is 3. The number of benzene rings is 1. The van der Waals surface area contributed by atoms with Crippen molar-refractivity contribution < 1.29 is 8.42 Å². The van der Waals surface area contributed by atoms with E-state index in [1.165, 1.54) is 5.69 Å². The summed E-state index contributed by atoms with van der Waals surface area (Å²) in [4.78, 5) is 6.77. The van der Waals surface area contributed by atoms with Crippen LogP contribution < -0.4 is 5.32 Å². The average molecular weight is 418 g/mol. The van der Waals surface area contributed by atoms with Crippen molar-refractivity contribution in [1.29, 1.82) is 0 Å². The summed E-state index contributed by atoms with van der Waals surface area (Å²) in [5.74, 6) is 0.760. The molecule has 0 aliphatic carbocycles. The van der Waals surface area contributed by atoms with Crippen molar-refractivity contribution in [2.45, 2.75) is 37.2 Å². The van der Waals surface area contributed by atoms with Crippen LogP contribution in [0.25, 0.3) is 0 Å². The number of aliphatic imine (C=N–C) groups is 1. The highest BCUT2D eigenvalue weighted by atomic mass is 32.2. The number of nitrogens with one attached hydrogen (secondary N) is 1. The Morgan fingerprint density at radius 2 is 1.93 bits per heavy atom. The van der Waals surface area contributed by atoms with Crippen LogP contribution in [-0.2, 0) is 30.2 Å². The molecule has 0 atom stereocenters. The summed E-state index contributed by atoms with van der Waals surface area (Å²) in [6.07, 6.45) is 4.99. The Bertz CT molecular complexity index is 945. The van der Waals surface area contributed by atoms with Crippen LogP contribution >= 0.6 is 0 Å². The van der Waals surface area contributed by atoms with E-state index in [-0.39, 0.29) is 0 Å². The lowest BCUT2D eigenvalue weighted by Gasteiger charge is -2.26. The number of hydrogen-bond donors (Lipinski definition) is 1. The summed E-state index contributed by atoms with van der Waals surface area (Å²) >= 11 is 0. The number of sulfonamides is 1. The highest BCUT2D eigenvalue weighted by Crippen LogP contribution is 2.21. The molecule has 0 bridgehead atoms. The normalized spacial score (nSPS) is 16.0. The minimum atomic E-state index is -3.42. The van der Waals surface area contributed by atoms with Gasteiger partial charge in [0.25, 0.3) is 0 Å². The second kappa shape index (κ2) is 9.45. The quantitative estimate of drug-likeness (QED) is 0.579. The van der Waals surface area contributed by atoms with E-state index in [0.717, 1.165) is 37.3 Å². The topological polar surface area (TPSA) is 69.9 Å². The molecule has 1 fully saturated rings. The first-order valence-corrected chi connectivity index (χ1v) is 11.5. The minimum absolute atomic E-state index is 0.367. The summed E-state index contributed by atoms with van der Waals surface area (Å²) in [6.45, 7) is 2.46. The molecule has 0 unspecified atom stereocenters. The number of rotatable bonds is 6. The lowest BCUT2D eigenvalue weighted by atomic mass is 10.2. The number of guanidine groups is 1. The standard InChI is InChI=1S/C21H31N5O2S/c1-22-21(25(3)17-19-10-8-12-24(19)2)23-16-18-9-7-11-20(15-18)29(27,28)26-13-5-4-6-14-26/h7-12,15H,4-6,13-14,16-17H2,1-3H3,(H,22,23). The second-order valence-corrected chi connectivity index (χ2v) is 9.42. The molecule has 1 aliphatic rings. The zero-order valence-corrected chi connectivity index (χ0v) is 18.3. The molecular formula is C21H31N5O2S. The van der Waals surface area contributed by atoms with Crippen molar-refractivity contribution in [2.24, 2.45) is 12.0 Å². The molecule has 2 heterocycles. The molecule has 158 valence electrons. The van der Waals surface area contributed by atoms with Gasteiger partial charge in [-0.05, 0) is 42.7 Å². The van der Waals surface area contributed by atoms with Crippen molar-refractivity contribution >= 4 is 16.0 Å². The molecule has 0 radical (unpaired) electrons. The van der Waals surface area contributed by atoms with Gasteiger partial charge in [-0.25, -0.2) is 8.42 Å². The Kier molecular flexibility index (Phi) is 6.97. The van der Waals surface area contributed by atoms with Crippen molar-refractivity contribution in [3.8, 4) is 0 Å². The van der Waals surface area contributed by atoms with Gasteiger partial charge in [0.15, 0.2) is 5.96 Å². The molecule has 1 aromatic heterocycles. The van der Waals surface area contributed by atoms with Crippen molar-refractivity contribution in [3.05, 3.63) is 53.9 Å². The fraction of sp³-hybridized carbons (Fsp3) is 0.476. The molecule has 8 heteroatoms. The van der Waals surface area contributed by atoms with Crippen LogP contribution in [0.5, 0.6) is 0 Å². The lowest BCUT2D eigenvalue weighted by Crippen LogP contribution is -2.38. The van der Waals surface area contributed by atoms with Gasteiger partial charge in [-0.15, -0.1) is 0 Å². The molecule has 7 nitrogen and oxygen atoms in total. The first-order valence-electron chi connectivity index (χ1n) is 10.0. The molecular weight excluding hydrogens is 386 g/mol. The Balaban J connectivity index is 1.65. The number of aromatic nitrogens is 1. The average Bonchev–Trinajstić information content (AvgIpc) is 3.13. The molecule has 0 saturated carbocycles. The smallest absolute Gasteiger partial charge is 0.243 e. The predicted molar refractivity (Wildman–Crippen MR) is 116 cm³/mol. The van der Waals surface area contributed by atoms with Gasteiger partial charge in [0.1, 0.15) is 0 Å². The highest BCUT2D eigenvalue weighted by molar-refractivity contribution is 7.89. The zero-order chi connectivity index (χ0) is 20.9.